The number of carboxylic acid groups (broad SMARTS) is 1. The third kappa shape index (κ3) is 8.20. The third-order valence-electron chi connectivity index (χ3n) is 8.01. The summed E-state index contributed by atoms with van der Waals surface area (Å²) < 4.78 is 93.8. The van der Waals surface area contributed by atoms with Gasteiger partial charge in [-0.25, -0.2) is 14.8 Å². The highest BCUT2D eigenvalue weighted by molar-refractivity contribution is 5.90. The monoisotopic (exact) mass is 683 g/mol. The summed E-state index contributed by atoms with van der Waals surface area (Å²) >= 11 is 0. The number of hydrogen-bond acceptors (Lipinski definition) is 8. The Balaban J connectivity index is 1.90. The van der Waals surface area contributed by atoms with E-state index in [4.69, 9.17) is 14.6 Å². The van der Waals surface area contributed by atoms with Crippen molar-refractivity contribution in [2.75, 3.05) is 42.0 Å². The number of carbonyl (C=O) groups is 2. The summed E-state index contributed by atoms with van der Waals surface area (Å²) in [6.07, 6.45) is -7.50. The second kappa shape index (κ2) is 14.6. The van der Waals surface area contributed by atoms with Gasteiger partial charge in [-0.15, -0.1) is 0 Å². The zero-order valence-corrected chi connectivity index (χ0v) is 26.6. The van der Waals surface area contributed by atoms with Crippen molar-refractivity contribution in [3.63, 3.8) is 0 Å². The van der Waals surface area contributed by atoms with Crippen LogP contribution in [0.25, 0.3) is 0 Å². The van der Waals surface area contributed by atoms with Gasteiger partial charge in [0, 0.05) is 31.7 Å². The van der Waals surface area contributed by atoms with Crippen LogP contribution in [0, 0.1) is 0 Å². The predicted molar refractivity (Wildman–Crippen MR) is 164 cm³/mol. The first-order chi connectivity index (χ1) is 22.6. The molecule has 0 fully saturated rings. The number of fused-ring (bicyclic) bond motifs is 1. The Kier molecular flexibility index (Phi) is 10.9. The van der Waals surface area contributed by atoms with Crippen molar-refractivity contribution in [3.05, 3.63) is 71.0 Å². The van der Waals surface area contributed by atoms with Crippen LogP contribution in [0.5, 0.6) is 5.75 Å². The van der Waals surface area contributed by atoms with Gasteiger partial charge in [0.05, 0.1) is 61.1 Å². The van der Waals surface area contributed by atoms with Gasteiger partial charge in [-0.2, -0.15) is 26.3 Å². The topological polar surface area (TPSA) is 108 Å². The first kappa shape index (κ1) is 36.1. The van der Waals surface area contributed by atoms with Crippen LogP contribution in [0.1, 0.15) is 61.4 Å². The lowest BCUT2D eigenvalue weighted by Crippen LogP contribution is -2.48. The highest BCUT2D eigenvalue weighted by Crippen LogP contribution is 2.45. The Hall–Kier alpha value is -4.76. The molecule has 10 nitrogen and oxygen atoms in total. The van der Waals surface area contributed by atoms with Crippen molar-refractivity contribution in [2.24, 2.45) is 0 Å². The quantitative estimate of drug-likeness (QED) is 0.208. The minimum atomic E-state index is -5.06. The van der Waals surface area contributed by atoms with E-state index in [9.17, 15) is 35.9 Å². The molecule has 2 atom stereocenters. The smallest absolute Gasteiger partial charge is 0.416 e. The number of rotatable bonds is 11. The number of alkyl halides is 6. The molecule has 0 saturated carbocycles. The molecule has 16 heteroatoms. The van der Waals surface area contributed by atoms with Crippen LogP contribution in [0.4, 0.5) is 48.5 Å². The number of hydrogen-bond donors (Lipinski definition) is 1. The number of halogens is 6. The summed E-state index contributed by atoms with van der Waals surface area (Å²) in [5, 5.41) is 9.05. The van der Waals surface area contributed by atoms with E-state index >= 15 is 0 Å². The number of aromatic nitrogens is 2. The van der Waals surface area contributed by atoms with Crippen molar-refractivity contribution < 1.29 is 50.5 Å². The zero-order valence-electron chi connectivity index (χ0n) is 26.6. The van der Waals surface area contributed by atoms with E-state index in [1.165, 1.54) is 29.3 Å². The van der Waals surface area contributed by atoms with E-state index in [0.717, 1.165) is 0 Å². The van der Waals surface area contributed by atoms with Crippen LogP contribution in [0.2, 0.25) is 0 Å². The van der Waals surface area contributed by atoms with Gasteiger partial charge in [0.2, 0.25) is 5.95 Å². The Labute approximate surface area is 272 Å². The zero-order chi connectivity index (χ0) is 35.4. The number of nitrogens with zero attached hydrogens (tertiary/aromatic N) is 5. The van der Waals surface area contributed by atoms with Gasteiger partial charge < -0.3 is 24.4 Å². The summed E-state index contributed by atoms with van der Waals surface area (Å²) in [5.74, 6) is -0.639. The van der Waals surface area contributed by atoms with Crippen LogP contribution < -0.4 is 19.4 Å². The van der Waals surface area contributed by atoms with Crippen molar-refractivity contribution in [3.8, 4) is 5.75 Å². The molecule has 0 bridgehead atoms. The average Bonchev–Trinajstić information content (AvgIpc) is 3.04. The molecular formula is C32H35F6N5O5. The molecule has 0 saturated heterocycles. The normalized spacial score (nSPS) is 16.2. The predicted octanol–water partition coefficient (Wildman–Crippen LogP) is 7.33. The van der Waals surface area contributed by atoms with Gasteiger partial charge in [0.25, 0.3) is 0 Å². The van der Waals surface area contributed by atoms with E-state index in [-0.39, 0.29) is 43.6 Å². The molecule has 260 valence electrons. The van der Waals surface area contributed by atoms with Crippen molar-refractivity contribution in [2.45, 2.75) is 64.1 Å². The summed E-state index contributed by atoms with van der Waals surface area (Å²) in [6.45, 7) is 3.26. The Bertz CT molecular complexity index is 1570. The molecule has 3 aromatic rings. The molecule has 1 N–H and O–H groups in total. The minimum Gasteiger partial charge on any atom is -0.497 e. The van der Waals surface area contributed by atoms with E-state index < -0.39 is 54.2 Å². The molecule has 0 radical (unpaired) electrons. The van der Waals surface area contributed by atoms with Crippen LogP contribution in [-0.4, -0.2) is 60.5 Å². The van der Waals surface area contributed by atoms with Gasteiger partial charge >= 0.3 is 24.4 Å². The van der Waals surface area contributed by atoms with E-state index in [2.05, 4.69) is 9.97 Å². The van der Waals surface area contributed by atoms with Gasteiger partial charge in [0.1, 0.15) is 5.75 Å². The lowest BCUT2D eigenvalue weighted by atomic mass is 9.88. The number of carbonyl (C=O) groups excluding carboxylic acids is 1. The van der Waals surface area contributed by atoms with Crippen LogP contribution in [0.3, 0.4) is 0 Å². The first-order valence-electron chi connectivity index (χ1n) is 15.0. The Morgan fingerprint density at radius 1 is 1.00 bits per heavy atom. The fourth-order valence-electron chi connectivity index (χ4n) is 5.60. The third-order valence-corrected chi connectivity index (χ3v) is 8.01. The van der Waals surface area contributed by atoms with Gasteiger partial charge in [-0.1, -0.05) is 6.92 Å². The lowest BCUT2D eigenvalue weighted by Gasteiger charge is -2.44. The Morgan fingerprint density at radius 2 is 1.62 bits per heavy atom. The fourth-order valence-corrected chi connectivity index (χ4v) is 5.60. The number of benzene rings is 2. The molecule has 1 amide bonds. The standard InChI is InChI=1S/C32H35F6N5O5/c1-5-22-14-27(25-15-24(47-4)7-8-26(25)43(22)30(46)48-6-2)42(29-39-16-23(17-40-29)41(3)10-9-28(44)45)18-19-11-20(31(33,34)35)13-21(12-19)32(36,37)38/h7-8,11-13,15-17,22,27H,5-6,9-10,14,18H2,1-4H3,(H,44,45)/t22-,27+/m1/s1. The molecule has 2 heterocycles. The van der Waals surface area contributed by atoms with Crippen molar-refractivity contribution in [1.82, 2.24) is 9.97 Å². The van der Waals surface area contributed by atoms with E-state index in [1.54, 1.807) is 37.1 Å². The summed E-state index contributed by atoms with van der Waals surface area (Å²) in [6, 6.07) is 5.07. The van der Waals surface area contributed by atoms with Crippen molar-refractivity contribution in [1.29, 1.82) is 0 Å². The van der Waals surface area contributed by atoms with Crippen molar-refractivity contribution >= 4 is 29.4 Å². The molecule has 1 aliphatic heterocycles. The second-order valence-electron chi connectivity index (χ2n) is 11.2. The fraction of sp³-hybridized carbons (Fsp3) is 0.438. The summed E-state index contributed by atoms with van der Waals surface area (Å²) in [7, 11) is 3.05. The number of ether oxygens (including phenoxy) is 2. The summed E-state index contributed by atoms with van der Waals surface area (Å²) in [5.41, 5.74) is -1.88. The average molecular weight is 684 g/mol. The maximum atomic E-state index is 13.8. The highest BCUT2D eigenvalue weighted by atomic mass is 19.4. The molecule has 0 aliphatic carbocycles. The van der Waals surface area contributed by atoms with E-state index in [1.807, 2.05) is 6.92 Å². The molecular weight excluding hydrogens is 648 g/mol. The number of anilines is 3. The number of amides is 1. The number of carboxylic acids is 1. The van der Waals surface area contributed by atoms with Crippen LogP contribution in [0.15, 0.2) is 48.8 Å². The Morgan fingerprint density at radius 3 is 2.15 bits per heavy atom. The maximum absolute atomic E-state index is 13.8. The maximum Gasteiger partial charge on any atom is 0.416 e. The number of methoxy groups -OCH3 is 1. The second-order valence-corrected chi connectivity index (χ2v) is 11.2. The van der Waals surface area contributed by atoms with Gasteiger partial charge in [-0.05, 0) is 61.7 Å². The summed E-state index contributed by atoms with van der Waals surface area (Å²) in [4.78, 5) is 37.7. The first-order valence-corrected chi connectivity index (χ1v) is 15.0. The molecule has 2 aromatic carbocycles. The van der Waals surface area contributed by atoms with Gasteiger partial charge in [0.15, 0.2) is 0 Å². The van der Waals surface area contributed by atoms with Gasteiger partial charge in [-0.3, -0.25) is 9.69 Å². The molecule has 48 heavy (non-hydrogen) atoms. The van der Waals surface area contributed by atoms with Crippen LogP contribution in [-0.2, 0) is 28.4 Å². The SMILES string of the molecule is CCOC(=O)N1c2ccc(OC)cc2[C@@H](N(Cc2cc(C(F)(F)F)cc(C(F)(F)F)c2)c2ncc(N(C)CCC(=O)O)cn2)C[C@H]1CC. The molecule has 1 aliphatic rings. The minimum absolute atomic E-state index is 0.0189. The largest absolute Gasteiger partial charge is 0.497 e. The molecule has 0 unspecified atom stereocenters. The van der Waals surface area contributed by atoms with E-state index in [0.29, 0.717) is 41.2 Å². The van der Waals surface area contributed by atoms with Crippen LogP contribution >= 0.6 is 0 Å². The number of aliphatic carboxylic acids is 1. The lowest BCUT2D eigenvalue weighted by molar-refractivity contribution is -0.143. The molecule has 1 aromatic heterocycles. The highest BCUT2D eigenvalue weighted by Gasteiger charge is 2.41. The molecule has 4 rings (SSSR count). The molecule has 0 spiro atoms.